The first-order valence-electron chi connectivity index (χ1n) is 9.71. The number of aliphatic hydroxyl groups excluding tert-OH is 1. The van der Waals surface area contributed by atoms with Crippen molar-refractivity contribution in [3.8, 4) is 17.2 Å². The van der Waals surface area contributed by atoms with Gasteiger partial charge in [0.25, 0.3) is 11.7 Å². The predicted molar refractivity (Wildman–Crippen MR) is 118 cm³/mol. The van der Waals surface area contributed by atoms with E-state index in [9.17, 15) is 14.7 Å². The number of para-hydroxylation sites is 1. The molecule has 1 N–H and O–H groups in total. The largest absolute Gasteiger partial charge is 0.507 e. The second kappa shape index (κ2) is 9.93. The summed E-state index contributed by atoms with van der Waals surface area (Å²) >= 11 is 6.26. The molecular weight excluding hydrogens is 438 g/mol. The van der Waals surface area contributed by atoms with Crippen molar-refractivity contribution in [1.29, 1.82) is 0 Å². The summed E-state index contributed by atoms with van der Waals surface area (Å²) in [6.45, 7) is 0.345. The monoisotopic (exact) mass is 461 g/mol. The third kappa shape index (κ3) is 4.11. The van der Waals surface area contributed by atoms with Crippen LogP contribution in [0.15, 0.2) is 42.0 Å². The summed E-state index contributed by atoms with van der Waals surface area (Å²) in [7, 11) is 5.85. The quantitative estimate of drug-likeness (QED) is 0.365. The number of nitrogens with zero attached hydrogens (tertiary/aromatic N) is 1. The Morgan fingerprint density at radius 3 is 2.28 bits per heavy atom. The Morgan fingerprint density at radius 1 is 1.00 bits per heavy atom. The fourth-order valence-electron chi connectivity index (χ4n) is 3.71. The van der Waals surface area contributed by atoms with E-state index in [1.165, 1.54) is 45.5 Å². The molecular formula is C23H24ClNO7. The number of ketones is 1. The lowest BCUT2D eigenvalue weighted by Gasteiger charge is -2.26. The van der Waals surface area contributed by atoms with E-state index in [0.29, 0.717) is 17.1 Å². The van der Waals surface area contributed by atoms with Crippen molar-refractivity contribution in [2.75, 3.05) is 41.6 Å². The molecule has 1 saturated heterocycles. The highest BCUT2D eigenvalue weighted by atomic mass is 35.5. The van der Waals surface area contributed by atoms with E-state index in [4.69, 9.17) is 30.5 Å². The van der Waals surface area contributed by atoms with Crippen molar-refractivity contribution in [2.45, 2.75) is 6.04 Å². The topological polar surface area (TPSA) is 94.5 Å². The summed E-state index contributed by atoms with van der Waals surface area (Å²) in [5, 5.41) is 11.5. The average molecular weight is 462 g/mol. The summed E-state index contributed by atoms with van der Waals surface area (Å²) in [5.41, 5.74) is 0.600. The third-order valence-electron chi connectivity index (χ3n) is 5.24. The van der Waals surface area contributed by atoms with Gasteiger partial charge in [0.15, 0.2) is 0 Å². The molecule has 3 rings (SSSR count). The molecule has 2 aromatic rings. The fourth-order valence-corrected chi connectivity index (χ4v) is 3.95. The smallest absolute Gasteiger partial charge is 0.295 e. The first-order chi connectivity index (χ1) is 15.4. The molecule has 0 bridgehead atoms. The maximum absolute atomic E-state index is 13.1. The Kier molecular flexibility index (Phi) is 7.27. The lowest BCUT2D eigenvalue weighted by Crippen LogP contribution is -2.32. The first-order valence-corrected chi connectivity index (χ1v) is 10.1. The van der Waals surface area contributed by atoms with E-state index in [0.717, 1.165) is 0 Å². The van der Waals surface area contributed by atoms with Crippen molar-refractivity contribution in [3.63, 3.8) is 0 Å². The van der Waals surface area contributed by atoms with Gasteiger partial charge in [0.05, 0.1) is 50.1 Å². The molecule has 1 aliphatic heterocycles. The van der Waals surface area contributed by atoms with E-state index in [2.05, 4.69) is 0 Å². The predicted octanol–water partition coefficient (Wildman–Crippen LogP) is 3.43. The van der Waals surface area contributed by atoms with Gasteiger partial charge in [-0.15, -0.1) is 0 Å². The van der Waals surface area contributed by atoms with Crippen LogP contribution in [0.5, 0.6) is 17.2 Å². The molecule has 1 unspecified atom stereocenters. The van der Waals surface area contributed by atoms with Crippen LogP contribution in [0.2, 0.25) is 5.02 Å². The SMILES string of the molecule is COCCN1C(=O)C(=O)/C(=C(/O)c2cc(Cl)c(OC)cc2OC)C1c1ccccc1OC. The standard InChI is InChI=1S/C23H24ClNO7/c1-29-10-9-25-20(13-7-5-6-8-16(13)30-2)19(22(27)23(25)28)21(26)14-11-15(24)18(32-4)12-17(14)31-3/h5-8,11-12,20,26H,9-10H2,1-4H3/b21-19+. The molecule has 1 fully saturated rings. The van der Waals surface area contributed by atoms with Gasteiger partial charge < -0.3 is 29.0 Å². The van der Waals surface area contributed by atoms with E-state index in [1.54, 1.807) is 24.3 Å². The summed E-state index contributed by atoms with van der Waals surface area (Å²) in [6.07, 6.45) is 0. The molecule has 9 heteroatoms. The third-order valence-corrected chi connectivity index (χ3v) is 5.53. The van der Waals surface area contributed by atoms with Crippen LogP contribution in [0, 0.1) is 0 Å². The van der Waals surface area contributed by atoms with E-state index in [1.807, 2.05) is 0 Å². The minimum Gasteiger partial charge on any atom is -0.507 e. The molecule has 8 nitrogen and oxygen atoms in total. The van der Waals surface area contributed by atoms with Crippen molar-refractivity contribution >= 4 is 29.1 Å². The van der Waals surface area contributed by atoms with Crippen molar-refractivity contribution in [1.82, 2.24) is 4.90 Å². The number of likely N-dealkylation sites (tertiary alicyclic amines) is 1. The Balaban J connectivity index is 2.28. The molecule has 0 saturated carbocycles. The van der Waals surface area contributed by atoms with Crippen LogP contribution in [-0.2, 0) is 14.3 Å². The van der Waals surface area contributed by atoms with Crippen LogP contribution < -0.4 is 14.2 Å². The number of halogens is 1. The Hall–Kier alpha value is -3.23. The number of ether oxygens (including phenoxy) is 4. The van der Waals surface area contributed by atoms with Gasteiger partial charge in [-0.3, -0.25) is 9.59 Å². The van der Waals surface area contributed by atoms with Gasteiger partial charge in [-0.1, -0.05) is 29.8 Å². The number of rotatable bonds is 8. The van der Waals surface area contributed by atoms with Crippen LogP contribution in [0.4, 0.5) is 0 Å². The lowest BCUT2D eigenvalue weighted by atomic mass is 9.94. The molecule has 32 heavy (non-hydrogen) atoms. The Bertz CT molecular complexity index is 1070. The molecule has 1 atom stereocenters. The number of Topliss-reactive ketones (excluding diaryl/α,β-unsaturated/α-hetero) is 1. The maximum atomic E-state index is 13.1. The zero-order chi connectivity index (χ0) is 23.4. The average Bonchev–Trinajstić information content (AvgIpc) is 3.06. The van der Waals surface area contributed by atoms with Gasteiger partial charge in [0, 0.05) is 25.3 Å². The summed E-state index contributed by atoms with van der Waals surface area (Å²) < 4.78 is 21.2. The van der Waals surface area contributed by atoms with Gasteiger partial charge in [0.1, 0.15) is 23.0 Å². The minimum atomic E-state index is -0.896. The zero-order valence-electron chi connectivity index (χ0n) is 18.2. The van der Waals surface area contributed by atoms with Crippen LogP contribution in [0.25, 0.3) is 5.76 Å². The number of carbonyl (C=O) groups is 2. The van der Waals surface area contributed by atoms with E-state index < -0.39 is 23.5 Å². The van der Waals surface area contributed by atoms with Gasteiger partial charge in [-0.25, -0.2) is 0 Å². The molecule has 1 amide bonds. The molecule has 0 radical (unpaired) electrons. The van der Waals surface area contributed by atoms with Crippen LogP contribution in [-0.4, -0.2) is 63.3 Å². The maximum Gasteiger partial charge on any atom is 0.295 e. The number of hydrogen-bond acceptors (Lipinski definition) is 7. The summed E-state index contributed by atoms with van der Waals surface area (Å²) in [5.74, 6) is -0.970. The van der Waals surface area contributed by atoms with E-state index in [-0.39, 0.29) is 35.1 Å². The number of carbonyl (C=O) groups excluding carboxylic acids is 2. The first kappa shape index (κ1) is 23.4. The van der Waals surface area contributed by atoms with Gasteiger partial charge >= 0.3 is 0 Å². The van der Waals surface area contributed by atoms with Crippen LogP contribution >= 0.6 is 11.6 Å². The highest BCUT2D eigenvalue weighted by Crippen LogP contribution is 2.44. The van der Waals surface area contributed by atoms with Gasteiger partial charge in [-0.05, 0) is 12.1 Å². The highest BCUT2D eigenvalue weighted by Gasteiger charge is 2.47. The number of hydrogen-bond donors (Lipinski definition) is 1. The molecule has 1 heterocycles. The number of benzene rings is 2. The normalized spacial score (nSPS) is 17.5. The van der Waals surface area contributed by atoms with Crippen molar-refractivity contribution in [3.05, 3.63) is 58.1 Å². The zero-order valence-corrected chi connectivity index (χ0v) is 18.9. The molecule has 0 spiro atoms. The summed E-state index contributed by atoms with van der Waals surface area (Å²) in [4.78, 5) is 27.4. The molecule has 0 aliphatic carbocycles. The van der Waals surface area contributed by atoms with Crippen LogP contribution in [0.3, 0.4) is 0 Å². The molecule has 0 aromatic heterocycles. The second-order valence-corrected chi connectivity index (χ2v) is 7.32. The Labute approximate surface area is 190 Å². The molecule has 1 aliphatic rings. The Morgan fingerprint density at radius 2 is 1.66 bits per heavy atom. The summed E-state index contributed by atoms with van der Waals surface area (Å²) in [6, 6.07) is 9.02. The number of amides is 1. The highest BCUT2D eigenvalue weighted by molar-refractivity contribution is 6.46. The number of aliphatic hydroxyl groups is 1. The van der Waals surface area contributed by atoms with Gasteiger partial charge in [0.2, 0.25) is 0 Å². The van der Waals surface area contributed by atoms with Crippen molar-refractivity contribution in [2.24, 2.45) is 0 Å². The minimum absolute atomic E-state index is 0.102. The van der Waals surface area contributed by atoms with E-state index >= 15 is 0 Å². The lowest BCUT2D eigenvalue weighted by molar-refractivity contribution is -0.140. The van der Waals surface area contributed by atoms with Gasteiger partial charge in [-0.2, -0.15) is 0 Å². The van der Waals surface area contributed by atoms with Crippen molar-refractivity contribution < 1.29 is 33.6 Å². The molecule has 170 valence electrons. The van der Waals surface area contributed by atoms with Crippen LogP contribution in [0.1, 0.15) is 17.2 Å². The molecule has 2 aromatic carbocycles. The number of methoxy groups -OCH3 is 4. The fraction of sp³-hybridized carbons (Fsp3) is 0.304. The second-order valence-electron chi connectivity index (χ2n) is 6.91.